The van der Waals surface area contributed by atoms with Gasteiger partial charge in [-0.15, -0.1) is 0 Å². The lowest BCUT2D eigenvalue weighted by molar-refractivity contribution is 0.0673. The average molecular weight is 308 g/mol. The van der Waals surface area contributed by atoms with E-state index in [1.807, 2.05) is 54.5 Å². The number of H-pyrrole nitrogens is 1. The van der Waals surface area contributed by atoms with Gasteiger partial charge in [0, 0.05) is 36.4 Å². The molecule has 118 valence electrons. The summed E-state index contributed by atoms with van der Waals surface area (Å²) in [5, 5.41) is 1.08. The molecule has 0 radical (unpaired) electrons. The number of benzene rings is 1. The molecule has 5 heteroatoms. The first kappa shape index (κ1) is 14.1. The molecule has 1 aromatic carbocycles. The molecule has 5 nitrogen and oxygen atoms in total. The molecule has 2 aromatic heterocycles. The molecule has 0 bridgehead atoms. The minimum atomic E-state index is 0.0867. The van der Waals surface area contributed by atoms with Gasteiger partial charge in [-0.1, -0.05) is 18.2 Å². The van der Waals surface area contributed by atoms with Gasteiger partial charge in [0.1, 0.15) is 11.5 Å². The van der Waals surface area contributed by atoms with Crippen LogP contribution in [0.15, 0.2) is 42.7 Å². The number of carbonyl (C=O) groups excluding carboxylic acids is 1. The number of aromatic amines is 1. The quantitative estimate of drug-likeness (QED) is 0.790. The molecular weight excluding hydrogens is 288 g/mol. The molecule has 1 atom stereocenters. The summed E-state index contributed by atoms with van der Waals surface area (Å²) < 4.78 is 2.19. The molecule has 1 N–H and O–H groups in total. The smallest absolute Gasteiger partial charge is 0.270 e. The molecule has 1 aliphatic heterocycles. The fraction of sp³-hybridized carbons (Fsp3) is 0.333. The number of likely N-dealkylation sites (tertiary alicyclic amines) is 1. The zero-order valence-corrected chi connectivity index (χ0v) is 13.2. The second-order valence-corrected chi connectivity index (χ2v) is 6.20. The molecule has 1 aliphatic rings. The molecule has 0 saturated carbocycles. The number of nitrogens with zero attached hydrogens (tertiary/aromatic N) is 3. The van der Waals surface area contributed by atoms with Crippen molar-refractivity contribution in [2.75, 3.05) is 13.1 Å². The minimum Gasteiger partial charge on any atom is -0.351 e. The standard InChI is InChI=1S/C18H20N4O/c1-13-19-8-10-22(13)15-6-4-9-21(12-15)18(23)17-11-14-5-2-3-7-16(14)20-17/h2-3,5,7-8,10-11,15,20H,4,6,9,12H2,1H3/t15-/m1/s1. The molecule has 23 heavy (non-hydrogen) atoms. The van der Waals surface area contributed by atoms with Gasteiger partial charge in [0.05, 0.1) is 6.04 Å². The van der Waals surface area contributed by atoms with E-state index in [9.17, 15) is 4.79 Å². The van der Waals surface area contributed by atoms with Gasteiger partial charge in [0.25, 0.3) is 5.91 Å². The van der Waals surface area contributed by atoms with Crippen LogP contribution in [-0.2, 0) is 0 Å². The number of para-hydroxylation sites is 1. The molecule has 1 fully saturated rings. The Bertz CT molecular complexity index is 814. The van der Waals surface area contributed by atoms with Crippen LogP contribution in [0.1, 0.15) is 35.2 Å². The van der Waals surface area contributed by atoms with Gasteiger partial charge in [-0.2, -0.15) is 0 Å². The van der Waals surface area contributed by atoms with E-state index >= 15 is 0 Å². The lowest BCUT2D eigenvalue weighted by Crippen LogP contribution is -2.41. The largest absolute Gasteiger partial charge is 0.351 e. The van der Waals surface area contributed by atoms with E-state index in [1.165, 1.54) is 0 Å². The van der Waals surface area contributed by atoms with Gasteiger partial charge in [-0.3, -0.25) is 4.79 Å². The van der Waals surface area contributed by atoms with Crippen LogP contribution in [-0.4, -0.2) is 38.4 Å². The molecule has 3 aromatic rings. The van der Waals surface area contributed by atoms with Gasteiger partial charge >= 0.3 is 0 Å². The summed E-state index contributed by atoms with van der Waals surface area (Å²) in [5.41, 5.74) is 1.68. The first-order valence-electron chi connectivity index (χ1n) is 8.09. The second kappa shape index (κ2) is 5.57. The molecule has 1 amide bonds. The zero-order valence-electron chi connectivity index (χ0n) is 13.2. The Morgan fingerprint density at radius 1 is 1.35 bits per heavy atom. The fourth-order valence-electron chi connectivity index (χ4n) is 3.50. The van der Waals surface area contributed by atoms with Crippen LogP contribution in [0.5, 0.6) is 0 Å². The second-order valence-electron chi connectivity index (χ2n) is 6.20. The number of aryl methyl sites for hydroxylation is 1. The highest BCUT2D eigenvalue weighted by Crippen LogP contribution is 2.24. The molecule has 3 heterocycles. The SMILES string of the molecule is Cc1nccn1[C@@H]1CCCN(C(=O)c2cc3ccccc3[nH]2)C1. The van der Waals surface area contributed by atoms with E-state index in [-0.39, 0.29) is 5.91 Å². The van der Waals surface area contributed by atoms with Gasteiger partial charge in [-0.05, 0) is 31.9 Å². The number of imidazole rings is 1. The van der Waals surface area contributed by atoms with Gasteiger partial charge in [0.2, 0.25) is 0 Å². The summed E-state index contributed by atoms with van der Waals surface area (Å²) in [6, 6.07) is 10.3. The first-order valence-corrected chi connectivity index (χ1v) is 8.09. The number of hydrogen-bond donors (Lipinski definition) is 1. The van der Waals surface area contributed by atoms with Crippen LogP contribution >= 0.6 is 0 Å². The van der Waals surface area contributed by atoms with E-state index in [4.69, 9.17) is 0 Å². The maximum Gasteiger partial charge on any atom is 0.270 e. The van der Waals surface area contributed by atoms with Crippen molar-refractivity contribution in [1.29, 1.82) is 0 Å². The predicted molar refractivity (Wildman–Crippen MR) is 89.4 cm³/mol. The highest BCUT2D eigenvalue weighted by molar-refractivity contribution is 5.98. The van der Waals surface area contributed by atoms with Gasteiger partial charge in [-0.25, -0.2) is 4.98 Å². The van der Waals surface area contributed by atoms with Crippen molar-refractivity contribution < 1.29 is 4.79 Å². The van der Waals surface area contributed by atoms with E-state index in [0.29, 0.717) is 11.7 Å². The third-order valence-corrected chi connectivity index (χ3v) is 4.70. The summed E-state index contributed by atoms with van der Waals surface area (Å²) in [5.74, 6) is 1.10. The minimum absolute atomic E-state index is 0.0867. The summed E-state index contributed by atoms with van der Waals surface area (Å²) in [7, 11) is 0. The van der Waals surface area contributed by atoms with Crippen LogP contribution < -0.4 is 0 Å². The van der Waals surface area contributed by atoms with E-state index < -0.39 is 0 Å². The molecule has 1 saturated heterocycles. The Morgan fingerprint density at radius 2 is 2.22 bits per heavy atom. The number of aromatic nitrogens is 3. The summed E-state index contributed by atoms with van der Waals surface area (Å²) in [6.45, 7) is 3.57. The number of nitrogens with one attached hydrogen (secondary N) is 1. The molecule has 4 rings (SSSR count). The van der Waals surface area contributed by atoms with Crippen molar-refractivity contribution in [1.82, 2.24) is 19.4 Å². The highest BCUT2D eigenvalue weighted by Gasteiger charge is 2.26. The summed E-state index contributed by atoms with van der Waals surface area (Å²) >= 11 is 0. The van der Waals surface area contributed by atoms with E-state index in [0.717, 1.165) is 42.7 Å². The monoisotopic (exact) mass is 308 g/mol. The third kappa shape index (κ3) is 2.52. The van der Waals surface area contributed by atoms with Crippen molar-refractivity contribution in [3.8, 4) is 0 Å². The van der Waals surface area contributed by atoms with E-state index in [2.05, 4.69) is 14.5 Å². The van der Waals surface area contributed by atoms with E-state index in [1.54, 1.807) is 0 Å². The van der Waals surface area contributed by atoms with Crippen molar-refractivity contribution in [3.63, 3.8) is 0 Å². The molecule has 0 aliphatic carbocycles. The van der Waals surface area contributed by atoms with Crippen molar-refractivity contribution in [2.24, 2.45) is 0 Å². The average Bonchev–Trinajstić information content (AvgIpc) is 3.20. The Morgan fingerprint density at radius 3 is 3.00 bits per heavy atom. The lowest BCUT2D eigenvalue weighted by Gasteiger charge is -2.33. The Balaban J connectivity index is 1.57. The first-order chi connectivity index (χ1) is 11.2. The number of carbonyl (C=O) groups is 1. The van der Waals surface area contributed by atoms with Crippen LogP contribution in [0.25, 0.3) is 10.9 Å². The number of fused-ring (bicyclic) bond motifs is 1. The number of amides is 1. The Labute approximate surface area is 134 Å². The van der Waals surface area contributed by atoms with Crippen LogP contribution in [0.3, 0.4) is 0 Å². The van der Waals surface area contributed by atoms with Crippen LogP contribution in [0.2, 0.25) is 0 Å². The van der Waals surface area contributed by atoms with Gasteiger partial charge < -0.3 is 14.5 Å². The third-order valence-electron chi connectivity index (χ3n) is 4.70. The van der Waals surface area contributed by atoms with Crippen molar-refractivity contribution in [3.05, 3.63) is 54.2 Å². The number of hydrogen-bond acceptors (Lipinski definition) is 2. The van der Waals surface area contributed by atoms with Crippen molar-refractivity contribution in [2.45, 2.75) is 25.8 Å². The maximum atomic E-state index is 12.8. The fourth-order valence-corrected chi connectivity index (χ4v) is 3.50. The highest BCUT2D eigenvalue weighted by atomic mass is 16.2. The molecule has 0 spiro atoms. The zero-order chi connectivity index (χ0) is 15.8. The molecule has 0 unspecified atom stereocenters. The number of piperidine rings is 1. The molecular formula is C18H20N4O. The Kier molecular flexibility index (Phi) is 3.41. The lowest BCUT2D eigenvalue weighted by atomic mass is 10.0. The van der Waals surface area contributed by atoms with Gasteiger partial charge in [0.15, 0.2) is 0 Å². The summed E-state index contributed by atoms with van der Waals surface area (Å²) in [6.07, 6.45) is 5.95. The number of rotatable bonds is 2. The Hall–Kier alpha value is -2.56. The topological polar surface area (TPSA) is 53.9 Å². The van der Waals surface area contributed by atoms with Crippen LogP contribution in [0, 0.1) is 6.92 Å². The predicted octanol–water partition coefficient (Wildman–Crippen LogP) is 3.15. The normalized spacial score (nSPS) is 18.5. The van der Waals surface area contributed by atoms with Crippen LogP contribution in [0.4, 0.5) is 0 Å². The maximum absolute atomic E-state index is 12.8. The van der Waals surface area contributed by atoms with Crippen molar-refractivity contribution >= 4 is 16.8 Å². The summed E-state index contributed by atoms with van der Waals surface area (Å²) in [4.78, 5) is 22.3.